The molecule has 1 aliphatic heterocycles. The van der Waals surface area contributed by atoms with E-state index in [0.717, 1.165) is 5.69 Å². The molecule has 1 fully saturated rings. The Morgan fingerprint density at radius 2 is 2.00 bits per heavy atom. The molecular formula is C20H23FN4O4. The number of aliphatic hydroxyl groups excluding tert-OH is 1. The number of hydrogen-bond acceptors (Lipinski definition) is 5. The minimum absolute atomic E-state index is 0.129. The first-order chi connectivity index (χ1) is 13.8. The lowest BCUT2D eigenvalue weighted by Gasteiger charge is -2.34. The highest BCUT2D eigenvalue weighted by atomic mass is 19.1. The summed E-state index contributed by atoms with van der Waals surface area (Å²) in [5.41, 5.74) is 1.58. The number of nitro benzene ring substituents is 1. The van der Waals surface area contributed by atoms with Crippen LogP contribution in [0, 0.1) is 15.9 Å². The van der Waals surface area contributed by atoms with Crippen LogP contribution in [0.5, 0.6) is 0 Å². The van der Waals surface area contributed by atoms with Crippen LogP contribution in [0.4, 0.5) is 26.2 Å². The number of benzene rings is 2. The average Bonchev–Trinajstić information content (AvgIpc) is 2.68. The fourth-order valence-electron chi connectivity index (χ4n) is 3.41. The molecule has 0 aromatic heterocycles. The molecule has 0 aliphatic carbocycles. The normalized spacial score (nSPS) is 15.6. The van der Waals surface area contributed by atoms with E-state index in [9.17, 15) is 24.4 Å². The number of hydrogen-bond donors (Lipinski definition) is 3. The summed E-state index contributed by atoms with van der Waals surface area (Å²) < 4.78 is 13.9. The van der Waals surface area contributed by atoms with Crippen molar-refractivity contribution in [3.63, 3.8) is 0 Å². The van der Waals surface area contributed by atoms with E-state index >= 15 is 0 Å². The lowest BCUT2D eigenvalue weighted by molar-refractivity contribution is -0.384. The Bertz CT molecular complexity index is 900. The highest BCUT2D eigenvalue weighted by molar-refractivity contribution is 5.90. The first-order valence-corrected chi connectivity index (χ1v) is 9.38. The van der Waals surface area contributed by atoms with Crippen LogP contribution in [0.15, 0.2) is 42.5 Å². The number of nitrogens with zero attached hydrogens (tertiary/aromatic N) is 2. The van der Waals surface area contributed by atoms with Crippen LogP contribution in [0.1, 0.15) is 31.4 Å². The Morgan fingerprint density at radius 3 is 2.69 bits per heavy atom. The third-order valence-corrected chi connectivity index (χ3v) is 4.92. The van der Waals surface area contributed by atoms with Gasteiger partial charge in [0.15, 0.2) is 0 Å². The van der Waals surface area contributed by atoms with E-state index in [0.29, 0.717) is 31.5 Å². The standard InChI is InChI=1S/C20H23FN4O4/c1-13(22-20(27)23-15-3-2-4-16(12-15)25(28)29)18-11-14(21)5-6-19(18)24-9-7-17(26)8-10-24/h2-6,11-13,17,26H,7-10H2,1H3,(H2,22,23,27). The van der Waals surface area contributed by atoms with Gasteiger partial charge in [0.2, 0.25) is 0 Å². The van der Waals surface area contributed by atoms with Crippen LogP contribution in [0.25, 0.3) is 0 Å². The largest absolute Gasteiger partial charge is 0.393 e. The number of halogens is 1. The maximum atomic E-state index is 13.9. The van der Waals surface area contributed by atoms with Crippen molar-refractivity contribution in [3.8, 4) is 0 Å². The van der Waals surface area contributed by atoms with E-state index < -0.39 is 22.8 Å². The fraction of sp³-hybridized carbons (Fsp3) is 0.350. The summed E-state index contributed by atoms with van der Waals surface area (Å²) in [4.78, 5) is 24.7. The van der Waals surface area contributed by atoms with Gasteiger partial charge >= 0.3 is 6.03 Å². The van der Waals surface area contributed by atoms with Crippen LogP contribution >= 0.6 is 0 Å². The molecule has 2 amide bonds. The van der Waals surface area contributed by atoms with E-state index in [1.54, 1.807) is 19.1 Å². The number of nitro groups is 1. The van der Waals surface area contributed by atoms with Crippen molar-refractivity contribution in [2.45, 2.75) is 31.9 Å². The van der Waals surface area contributed by atoms with E-state index in [-0.39, 0.29) is 17.5 Å². The van der Waals surface area contributed by atoms with E-state index in [1.807, 2.05) is 0 Å². The summed E-state index contributed by atoms with van der Waals surface area (Å²) in [6.45, 7) is 3.03. The van der Waals surface area contributed by atoms with Gasteiger partial charge in [-0.25, -0.2) is 9.18 Å². The molecule has 0 saturated carbocycles. The fourth-order valence-corrected chi connectivity index (χ4v) is 3.41. The third kappa shape index (κ3) is 5.20. The molecule has 8 nitrogen and oxygen atoms in total. The maximum absolute atomic E-state index is 13.9. The van der Waals surface area contributed by atoms with E-state index in [4.69, 9.17) is 0 Å². The zero-order valence-electron chi connectivity index (χ0n) is 16.0. The van der Waals surface area contributed by atoms with Crippen LogP contribution < -0.4 is 15.5 Å². The molecule has 0 spiro atoms. The smallest absolute Gasteiger partial charge is 0.319 e. The zero-order valence-corrected chi connectivity index (χ0v) is 16.0. The first-order valence-electron chi connectivity index (χ1n) is 9.38. The quantitative estimate of drug-likeness (QED) is 0.523. The monoisotopic (exact) mass is 402 g/mol. The molecule has 1 saturated heterocycles. The molecule has 1 atom stereocenters. The van der Waals surface area contributed by atoms with Crippen molar-refractivity contribution in [1.82, 2.24) is 5.32 Å². The van der Waals surface area contributed by atoms with Gasteiger partial charge in [0.05, 0.1) is 17.1 Å². The van der Waals surface area contributed by atoms with Crippen molar-refractivity contribution >= 4 is 23.1 Å². The van der Waals surface area contributed by atoms with E-state index in [1.165, 1.54) is 30.3 Å². The number of urea groups is 1. The molecule has 0 bridgehead atoms. The van der Waals surface area contributed by atoms with Gasteiger partial charge in [-0.15, -0.1) is 0 Å². The lowest BCUT2D eigenvalue weighted by atomic mass is 10.0. The van der Waals surface area contributed by atoms with Gasteiger partial charge < -0.3 is 20.6 Å². The molecule has 3 rings (SSSR count). The second-order valence-electron chi connectivity index (χ2n) is 7.05. The van der Waals surface area contributed by atoms with Crippen molar-refractivity contribution < 1.29 is 19.2 Å². The number of anilines is 2. The topological polar surface area (TPSA) is 108 Å². The second kappa shape index (κ2) is 8.87. The third-order valence-electron chi connectivity index (χ3n) is 4.92. The average molecular weight is 402 g/mol. The molecule has 2 aromatic carbocycles. The summed E-state index contributed by atoms with van der Waals surface area (Å²) in [6, 6.07) is 9.00. The van der Waals surface area contributed by atoms with Crippen LogP contribution in [0.2, 0.25) is 0 Å². The van der Waals surface area contributed by atoms with Crippen molar-refractivity contribution in [3.05, 3.63) is 64.0 Å². The number of carbonyl (C=O) groups excluding carboxylic acids is 1. The molecule has 9 heteroatoms. The van der Waals surface area contributed by atoms with Crippen LogP contribution in [-0.4, -0.2) is 35.3 Å². The predicted octanol–water partition coefficient (Wildman–Crippen LogP) is 3.58. The molecule has 29 heavy (non-hydrogen) atoms. The van der Waals surface area contributed by atoms with Crippen molar-refractivity contribution in [2.75, 3.05) is 23.3 Å². The lowest BCUT2D eigenvalue weighted by Crippen LogP contribution is -2.37. The minimum Gasteiger partial charge on any atom is -0.393 e. The Morgan fingerprint density at radius 1 is 1.28 bits per heavy atom. The van der Waals surface area contributed by atoms with Gasteiger partial charge in [0.25, 0.3) is 5.69 Å². The molecular weight excluding hydrogens is 379 g/mol. The van der Waals surface area contributed by atoms with E-state index in [2.05, 4.69) is 15.5 Å². The Hall–Kier alpha value is -3.20. The van der Waals surface area contributed by atoms with Crippen LogP contribution in [-0.2, 0) is 0 Å². The Balaban J connectivity index is 1.72. The number of piperidine rings is 1. The highest BCUT2D eigenvalue weighted by Gasteiger charge is 2.22. The number of non-ortho nitro benzene ring substituents is 1. The number of rotatable bonds is 5. The highest BCUT2D eigenvalue weighted by Crippen LogP contribution is 2.30. The predicted molar refractivity (Wildman–Crippen MR) is 108 cm³/mol. The molecule has 2 aromatic rings. The summed E-state index contributed by atoms with van der Waals surface area (Å²) in [6.07, 6.45) is 0.934. The number of amides is 2. The summed E-state index contributed by atoms with van der Waals surface area (Å²) in [5, 5.41) is 25.9. The number of nitrogens with one attached hydrogen (secondary N) is 2. The second-order valence-corrected chi connectivity index (χ2v) is 7.05. The van der Waals surface area contributed by atoms with Crippen LogP contribution in [0.3, 0.4) is 0 Å². The maximum Gasteiger partial charge on any atom is 0.319 e. The number of aliphatic hydroxyl groups is 1. The van der Waals surface area contributed by atoms with Crippen molar-refractivity contribution in [1.29, 1.82) is 0 Å². The molecule has 1 unspecified atom stereocenters. The minimum atomic E-state index is -0.553. The van der Waals surface area contributed by atoms with Gasteiger partial charge in [0, 0.05) is 42.2 Å². The van der Waals surface area contributed by atoms with Gasteiger partial charge in [-0.05, 0) is 44.0 Å². The van der Waals surface area contributed by atoms with Gasteiger partial charge in [-0.3, -0.25) is 10.1 Å². The van der Waals surface area contributed by atoms with Gasteiger partial charge in [0.1, 0.15) is 5.82 Å². The van der Waals surface area contributed by atoms with Gasteiger partial charge in [-0.2, -0.15) is 0 Å². The summed E-state index contributed by atoms with van der Waals surface area (Å²) in [5.74, 6) is -0.409. The summed E-state index contributed by atoms with van der Waals surface area (Å²) in [7, 11) is 0. The molecule has 1 aliphatic rings. The Labute approximate surface area is 167 Å². The molecule has 3 N–H and O–H groups in total. The van der Waals surface area contributed by atoms with Gasteiger partial charge in [-0.1, -0.05) is 6.07 Å². The SMILES string of the molecule is CC(NC(=O)Nc1cccc([N+](=O)[O-])c1)c1cc(F)ccc1N1CCC(O)CC1. The molecule has 154 valence electrons. The zero-order chi connectivity index (χ0) is 21.0. The molecule has 0 radical (unpaired) electrons. The number of carbonyl (C=O) groups is 1. The van der Waals surface area contributed by atoms with Crippen molar-refractivity contribution in [2.24, 2.45) is 0 Å². The molecule has 1 heterocycles. The Kier molecular flexibility index (Phi) is 6.28. The summed E-state index contributed by atoms with van der Waals surface area (Å²) >= 11 is 0. The first kappa shape index (κ1) is 20.5.